The van der Waals surface area contributed by atoms with Crippen molar-refractivity contribution in [1.82, 2.24) is 4.90 Å². The van der Waals surface area contributed by atoms with Crippen LogP contribution < -0.4 is 18.9 Å². The summed E-state index contributed by atoms with van der Waals surface area (Å²) in [6.45, 7) is 4.06. The predicted octanol–water partition coefficient (Wildman–Crippen LogP) is 4.17. The monoisotopic (exact) mass is 504 g/mol. The maximum atomic E-state index is 10.9. The van der Waals surface area contributed by atoms with E-state index in [1.165, 1.54) is 0 Å². The van der Waals surface area contributed by atoms with Crippen LogP contribution in [0.5, 0.6) is 23.0 Å². The molecular formula is C29H32N2O6. The van der Waals surface area contributed by atoms with Crippen molar-refractivity contribution in [3.63, 3.8) is 0 Å². The maximum Gasteiger partial charge on any atom is 0.231 e. The van der Waals surface area contributed by atoms with Crippen molar-refractivity contribution in [2.75, 3.05) is 33.6 Å². The van der Waals surface area contributed by atoms with Gasteiger partial charge in [0.15, 0.2) is 11.5 Å². The van der Waals surface area contributed by atoms with E-state index in [0.717, 1.165) is 45.4 Å². The summed E-state index contributed by atoms with van der Waals surface area (Å²) in [6.07, 6.45) is -0.166. The Kier molecular flexibility index (Phi) is 7.77. The number of benzene rings is 3. The van der Waals surface area contributed by atoms with Gasteiger partial charge in [-0.2, -0.15) is 0 Å². The number of hydrogen-bond donors (Lipinski definition) is 1. The van der Waals surface area contributed by atoms with Gasteiger partial charge in [-0.15, -0.1) is 0 Å². The van der Waals surface area contributed by atoms with Crippen LogP contribution in [0.25, 0.3) is 0 Å². The standard InChI is InChI=1S/C29H32N2O6/c1-20-6-3-4-9-27(20)34-18-23(32)16-31(15-21-7-5-8-24(12-21)33-2)17-25-14-26(30-37-25)22-10-11-28-29(13-22)36-19-35-28/h3-13,23,25,32H,14-19H2,1-2H3/t23-,25-/m0/s1. The molecule has 0 saturated heterocycles. The smallest absolute Gasteiger partial charge is 0.231 e. The van der Waals surface area contributed by atoms with Crippen LogP contribution in [-0.4, -0.2) is 61.5 Å². The molecule has 0 saturated carbocycles. The fourth-order valence-corrected chi connectivity index (χ4v) is 4.55. The predicted molar refractivity (Wildman–Crippen MR) is 140 cm³/mol. The zero-order chi connectivity index (χ0) is 25.6. The highest BCUT2D eigenvalue weighted by Gasteiger charge is 2.27. The number of fused-ring (bicyclic) bond motifs is 1. The average Bonchev–Trinajstić information content (AvgIpc) is 3.57. The molecule has 0 amide bonds. The maximum absolute atomic E-state index is 10.9. The molecule has 1 N–H and O–H groups in total. The van der Waals surface area contributed by atoms with Crippen LogP contribution >= 0.6 is 0 Å². The fourth-order valence-electron chi connectivity index (χ4n) is 4.55. The minimum atomic E-state index is -0.680. The second kappa shape index (κ2) is 11.5. The summed E-state index contributed by atoms with van der Waals surface area (Å²) in [6, 6.07) is 21.6. The lowest BCUT2D eigenvalue weighted by molar-refractivity contribution is 0.0212. The van der Waals surface area contributed by atoms with Crippen LogP contribution in [0.2, 0.25) is 0 Å². The van der Waals surface area contributed by atoms with Crippen LogP contribution in [0, 0.1) is 6.92 Å². The molecule has 5 rings (SSSR count). The Balaban J connectivity index is 1.23. The van der Waals surface area contributed by atoms with Crippen molar-refractivity contribution in [3.05, 3.63) is 83.4 Å². The van der Waals surface area contributed by atoms with Crippen LogP contribution in [0.1, 0.15) is 23.1 Å². The third-order valence-corrected chi connectivity index (χ3v) is 6.43. The van der Waals surface area contributed by atoms with Gasteiger partial charge in [0.25, 0.3) is 0 Å². The van der Waals surface area contributed by atoms with Crippen LogP contribution in [0.3, 0.4) is 0 Å². The first-order valence-electron chi connectivity index (χ1n) is 12.4. The summed E-state index contributed by atoms with van der Waals surface area (Å²) in [5, 5.41) is 15.2. The molecule has 0 radical (unpaired) electrons. The minimum absolute atomic E-state index is 0.143. The van der Waals surface area contributed by atoms with Crippen LogP contribution in [-0.2, 0) is 11.4 Å². The summed E-state index contributed by atoms with van der Waals surface area (Å²) >= 11 is 0. The van der Waals surface area contributed by atoms with Gasteiger partial charge in [-0.05, 0) is 54.4 Å². The molecule has 0 unspecified atom stereocenters. The molecule has 8 nitrogen and oxygen atoms in total. The van der Waals surface area contributed by atoms with Crippen molar-refractivity contribution >= 4 is 5.71 Å². The van der Waals surface area contributed by atoms with E-state index in [2.05, 4.69) is 16.1 Å². The SMILES string of the molecule is COc1cccc(CN(C[C@H](O)COc2ccccc2C)C[C@@H]2CC(c3ccc4c(c3)OCO4)=NO2)c1. The van der Waals surface area contributed by atoms with E-state index < -0.39 is 6.10 Å². The van der Waals surface area contributed by atoms with Crippen molar-refractivity contribution in [2.45, 2.75) is 32.1 Å². The first-order chi connectivity index (χ1) is 18.1. The lowest BCUT2D eigenvalue weighted by atomic mass is 10.0. The number of aryl methyl sites for hydroxylation is 1. The normalized spacial score (nSPS) is 16.9. The van der Waals surface area contributed by atoms with Crippen molar-refractivity contribution in [3.8, 4) is 23.0 Å². The highest BCUT2D eigenvalue weighted by Crippen LogP contribution is 2.33. The molecule has 3 aromatic rings. The molecule has 0 bridgehead atoms. The van der Waals surface area contributed by atoms with Gasteiger partial charge >= 0.3 is 0 Å². The Morgan fingerprint density at radius 1 is 1.05 bits per heavy atom. The van der Waals surface area contributed by atoms with E-state index in [0.29, 0.717) is 26.1 Å². The second-order valence-electron chi connectivity index (χ2n) is 9.31. The zero-order valence-electron chi connectivity index (χ0n) is 21.1. The van der Waals surface area contributed by atoms with Crippen LogP contribution in [0.4, 0.5) is 0 Å². The molecule has 2 aliphatic rings. The number of nitrogens with zero attached hydrogens (tertiary/aromatic N) is 2. The quantitative estimate of drug-likeness (QED) is 0.420. The van der Waals surface area contributed by atoms with E-state index >= 15 is 0 Å². The Morgan fingerprint density at radius 2 is 1.92 bits per heavy atom. The number of para-hydroxylation sites is 1. The molecule has 2 atom stereocenters. The van der Waals surface area contributed by atoms with E-state index in [1.54, 1.807) is 7.11 Å². The molecule has 2 aliphatic heterocycles. The Bertz CT molecular complexity index is 1250. The summed E-state index contributed by atoms with van der Waals surface area (Å²) in [5.74, 6) is 3.04. The second-order valence-corrected chi connectivity index (χ2v) is 9.31. The molecule has 0 fully saturated rings. The van der Waals surface area contributed by atoms with E-state index in [9.17, 15) is 5.11 Å². The van der Waals surface area contributed by atoms with Gasteiger partial charge in [-0.25, -0.2) is 0 Å². The van der Waals surface area contributed by atoms with Gasteiger partial charge in [-0.1, -0.05) is 35.5 Å². The molecular weight excluding hydrogens is 472 g/mol. The molecule has 3 aromatic carbocycles. The summed E-state index contributed by atoms with van der Waals surface area (Å²) in [5.41, 5.74) is 3.95. The number of aliphatic hydroxyl groups excluding tert-OH is 1. The third-order valence-electron chi connectivity index (χ3n) is 6.43. The van der Waals surface area contributed by atoms with Crippen molar-refractivity contribution in [1.29, 1.82) is 0 Å². The largest absolute Gasteiger partial charge is 0.497 e. The first kappa shape index (κ1) is 24.9. The Hall–Kier alpha value is -3.75. The Morgan fingerprint density at radius 3 is 2.78 bits per heavy atom. The first-order valence-corrected chi connectivity index (χ1v) is 12.4. The zero-order valence-corrected chi connectivity index (χ0v) is 21.1. The summed E-state index contributed by atoms with van der Waals surface area (Å²) in [4.78, 5) is 7.99. The number of aliphatic hydroxyl groups is 1. The van der Waals surface area contributed by atoms with E-state index in [4.69, 9.17) is 23.8 Å². The van der Waals surface area contributed by atoms with Gasteiger partial charge < -0.3 is 28.9 Å². The van der Waals surface area contributed by atoms with Crippen molar-refractivity contribution < 1.29 is 28.9 Å². The van der Waals surface area contributed by atoms with Gasteiger partial charge in [0, 0.05) is 31.6 Å². The fraction of sp³-hybridized carbons (Fsp3) is 0.345. The lowest BCUT2D eigenvalue weighted by Gasteiger charge is -2.27. The molecule has 194 valence electrons. The number of ether oxygens (including phenoxy) is 4. The molecule has 37 heavy (non-hydrogen) atoms. The van der Waals surface area contributed by atoms with E-state index in [-0.39, 0.29) is 19.5 Å². The highest BCUT2D eigenvalue weighted by molar-refractivity contribution is 6.01. The van der Waals surface area contributed by atoms with Gasteiger partial charge in [0.1, 0.15) is 30.3 Å². The van der Waals surface area contributed by atoms with Gasteiger partial charge in [0.2, 0.25) is 6.79 Å². The summed E-state index contributed by atoms with van der Waals surface area (Å²) in [7, 11) is 1.66. The molecule has 0 aliphatic carbocycles. The van der Waals surface area contributed by atoms with Gasteiger partial charge in [-0.3, -0.25) is 4.90 Å². The molecule has 0 spiro atoms. The lowest BCUT2D eigenvalue weighted by Crippen LogP contribution is -2.39. The molecule has 8 heteroatoms. The number of oxime groups is 1. The van der Waals surface area contributed by atoms with Gasteiger partial charge in [0.05, 0.1) is 12.8 Å². The average molecular weight is 505 g/mol. The summed E-state index contributed by atoms with van der Waals surface area (Å²) < 4.78 is 22.2. The number of hydrogen-bond acceptors (Lipinski definition) is 8. The van der Waals surface area contributed by atoms with Crippen LogP contribution in [0.15, 0.2) is 71.9 Å². The van der Waals surface area contributed by atoms with Crippen molar-refractivity contribution in [2.24, 2.45) is 5.16 Å². The number of rotatable bonds is 11. The third kappa shape index (κ3) is 6.34. The topological polar surface area (TPSA) is 82.0 Å². The minimum Gasteiger partial charge on any atom is -0.497 e. The molecule has 0 aromatic heterocycles. The highest BCUT2D eigenvalue weighted by atomic mass is 16.7. The molecule has 2 heterocycles. The Labute approximate surface area is 217 Å². The number of methoxy groups -OCH3 is 1. The van der Waals surface area contributed by atoms with E-state index in [1.807, 2.05) is 67.6 Å².